The summed E-state index contributed by atoms with van der Waals surface area (Å²) >= 11 is 11.6. The van der Waals surface area contributed by atoms with Crippen molar-refractivity contribution in [3.63, 3.8) is 0 Å². The third-order valence-electron chi connectivity index (χ3n) is 1.78. The maximum absolute atomic E-state index is 11.1. The molecule has 0 spiro atoms. The molecule has 1 aromatic rings. The summed E-state index contributed by atoms with van der Waals surface area (Å²) in [5.74, 6) is -0.774. The molecule has 1 radical (unpaired) electrons. The van der Waals surface area contributed by atoms with Crippen molar-refractivity contribution in [1.29, 1.82) is 0 Å². The van der Waals surface area contributed by atoms with Gasteiger partial charge in [-0.05, 0) is 6.07 Å². The van der Waals surface area contributed by atoms with Crippen LogP contribution in [0.5, 0.6) is 11.5 Å². The smallest absolute Gasteiger partial charge is 0.277 e. The van der Waals surface area contributed by atoms with Crippen LogP contribution in [0.3, 0.4) is 0 Å². The molecule has 0 aliphatic heterocycles. The summed E-state index contributed by atoms with van der Waals surface area (Å²) in [6.45, 7) is 0. The Labute approximate surface area is 96.9 Å². The maximum Gasteiger partial charge on any atom is 0.277 e. The van der Waals surface area contributed by atoms with Gasteiger partial charge in [-0.2, -0.15) is 0 Å². The number of rotatable bonds is 3. The van der Waals surface area contributed by atoms with E-state index in [1.165, 1.54) is 20.3 Å². The first-order chi connectivity index (χ1) is 7.02. The highest BCUT2D eigenvalue weighted by atomic mass is 35.5. The standard InChI is InChI=1S/C9H8Cl2NO3/c1-14-7-4(10)3-5(11)8(15-2)6(7)9(12)13/h3,12H,1-2H3. The number of ether oxygens (including phenoxy) is 2. The Morgan fingerprint density at radius 2 is 1.60 bits per heavy atom. The second-order valence-corrected chi connectivity index (χ2v) is 3.43. The van der Waals surface area contributed by atoms with Gasteiger partial charge < -0.3 is 9.47 Å². The van der Waals surface area contributed by atoms with Gasteiger partial charge >= 0.3 is 0 Å². The lowest BCUT2D eigenvalue weighted by molar-refractivity contribution is 0.0986. The SMILES string of the molecule is COc1c(Cl)cc(Cl)c(OC)c1C([NH])=O. The van der Waals surface area contributed by atoms with E-state index >= 15 is 0 Å². The van der Waals surface area contributed by atoms with E-state index in [1.807, 2.05) is 0 Å². The average molecular weight is 249 g/mol. The van der Waals surface area contributed by atoms with Crippen LogP contribution in [0.4, 0.5) is 0 Å². The Morgan fingerprint density at radius 1 is 1.20 bits per heavy atom. The molecule has 1 rings (SSSR count). The van der Waals surface area contributed by atoms with E-state index in [-0.39, 0.29) is 27.1 Å². The quantitative estimate of drug-likeness (QED) is 0.826. The fourth-order valence-electron chi connectivity index (χ4n) is 1.19. The molecule has 0 saturated carbocycles. The van der Waals surface area contributed by atoms with Crippen LogP contribution in [-0.2, 0) is 0 Å². The van der Waals surface area contributed by atoms with Gasteiger partial charge in [0.1, 0.15) is 5.56 Å². The van der Waals surface area contributed by atoms with Gasteiger partial charge in [0.05, 0.1) is 24.3 Å². The van der Waals surface area contributed by atoms with E-state index in [0.717, 1.165) is 0 Å². The molecule has 0 heterocycles. The molecule has 6 heteroatoms. The van der Waals surface area contributed by atoms with Crippen LogP contribution in [0.15, 0.2) is 6.07 Å². The number of halogens is 2. The fraction of sp³-hybridized carbons (Fsp3) is 0.222. The van der Waals surface area contributed by atoms with Crippen LogP contribution in [-0.4, -0.2) is 20.1 Å². The first-order valence-corrected chi connectivity index (χ1v) is 4.64. The van der Waals surface area contributed by atoms with Crippen molar-refractivity contribution < 1.29 is 14.3 Å². The first kappa shape index (κ1) is 11.9. The number of nitrogens with one attached hydrogen (secondary N) is 1. The highest BCUT2D eigenvalue weighted by Gasteiger charge is 2.22. The predicted octanol–water partition coefficient (Wildman–Crippen LogP) is 2.43. The number of methoxy groups -OCH3 is 2. The number of carbonyl (C=O) groups is 1. The molecule has 15 heavy (non-hydrogen) atoms. The van der Waals surface area contributed by atoms with Crippen LogP contribution in [0.25, 0.3) is 0 Å². The van der Waals surface area contributed by atoms with E-state index in [1.54, 1.807) is 0 Å². The Balaban J connectivity index is 3.58. The zero-order chi connectivity index (χ0) is 11.6. The fourth-order valence-corrected chi connectivity index (χ4v) is 1.81. The van der Waals surface area contributed by atoms with Gasteiger partial charge in [0, 0.05) is 0 Å². The van der Waals surface area contributed by atoms with Gasteiger partial charge in [-0.15, -0.1) is 0 Å². The highest BCUT2D eigenvalue weighted by Crippen LogP contribution is 2.40. The second-order valence-electron chi connectivity index (χ2n) is 2.61. The minimum atomic E-state index is -0.965. The molecule has 81 valence electrons. The van der Waals surface area contributed by atoms with E-state index < -0.39 is 5.91 Å². The number of benzene rings is 1. The van der Waals surface area contributed by atoms with Crippen LogP contribution in [0.2, 0.25) is 10.0 Å². The largest absolute Gasteiger partial charge is 0.494 e. The molecular formula is C9H8Cl2NO3. The van der Waals surface area contributed by atoms with Crippen molar-refractivity contribution in [3.8, 4) is 11.5 Å². The van der Waals surface area contributed by atoms with Crippen molar-refractivity contribution in [2.24, 2.45) is 0 Å². The molecule has 0 saturated heterocycles. The maximum atomic E-state index is 11.1. The first-order valence-electron chi connectivity index (χ1n) is 3.88. The molecule has 1 aromatic carbocycles. The Bertz CT molecular complexity index is 379. The van der Waals surface area contributed by atoms with Crippen LogP contribution >= 0.6 is 23.2 Å². The zero-order valence-electron chi connectivity index (χ0n) is 8.06. The lowest BCUT2D eigenvalue weighted by atomic mass is 10.1. The number of carbonyl (C=O) groups excluding carboxylic acids is 1. The summed E-state index contributed by atoms with van der Waals surface area (Å²) < 4.78 is 9.85. The van der Waals surface area contributed by atoms with E-state index in [0.29, 0.717) is 0 Å². The third kappa shape index (κ3) is 2.11. The summed E-state index contributed by atoms with van der Waals surface area (Å²) in [7, 11) is 2.70. The molecular weight excluding hydrogens is 241 g/mol. The molecule has 0 fully saturated rings. The number of hydrogen-bond donors (Lipinski definition) is 0. The van der Waals surface area contributed by atoms with Gasteiger partial charge in [0.2, 0.25) is 0 Å². The summed E-state index contributed by atoms with van der Waals surface area (Å²) in [5.41, 5.74) is 7.01. The molecule has 1 amide bonds. The molecule has 1 N–H and O–H groups in total. The van der Waals surface area contributed by atoms with E-state index in [4.69, 9.17) is 38.4 Å². The summed E-state index contributed by atoms with van der Waals surface area (Å²) in [4.78, 5) is 11.1. The predicted molar refractivity (Wildman–Crippen MR) is 57.0 cm³/mol. The molecule has 0 aliphatic carbocycles. The van der Waals surface area contributed by atoms with Gasteiger partial charge in [-0.1, -0.05) is 23.2 Å². The number of amides is 1. The lowest BCUT2D eigenvalue weighted by Crippen LogP contribution is -2.06. The Kier molecular flexibility index (Phi) is 3.66. The monoisotopic (exact) mass is 248 g/mol. The molecule has 0 aliphatic rings. The van der Waals surface area contributed by atoms with Crippen LogP contribution in [0, 0.1) is 0 Å². The molecule has 0 aromatic heterocycles. The van der Waals surface area contributed by atoms with E-state index in [9.17, 15) is 4.79 Å². The Hall–Kier alpha value is -1.13. The average Bonchev–Trinajstić information content (AvgIpc) is 2.16. The highest BCUT2D eigenvalue weighted by molar-refractivity contribution is 6.37. The van der Waals surface area contributed by atoms with Crippen molar-refractivity contribution in [2.75, 3.05) is 14.2 Å². The van der Waals surface area contributed by atoms with Crippen molar-refractivity contribution in [2.45, 2.75) is 0 Å². The minimum Gasteiger partial charge on any atom is -0.494 e. The van der Waals surface area contributed by atoms with Crippen LogP contribution < -0.4 is 15.2 Å². The topological polar surface area (TPSA) is 59.3 Å². The summed E-state index contributed by atoms with van der Waals surface area (Å²) in [5, 5.41) is 0.331. The summed E-state index contributed by atoms with van der Waals surface area (Å²) in [6, 6.07) is 1.40. The van der Waals surface area contributed by atoms with Crippen molar-refractivity contribution >= 4 is 29.1 Å². The van der Waals surface area contributed by atoms with Gasteiger partial charge in [0.15, 0.2) is 11.5 Å². The van der Waals surface area contributed by atoms with Crippen molar-refractivity contribution in [3.05, 3.63) is 21.7 Å². The van der Waals surface area contributed by atoms with Gasteiger partial charge in [-0.3, -0.25) is 10.5 Å². The molecule has 0 atom stereocenters. The Morgan fingerprint density at radius 3 is 1.87 bits per heavy atom. The van der Waals surface area contributed by atoms with Crippen molar-refractivity contribution in [1.82, 2.24) is 5.73 Å². The third-order valence-corrected chi connectivity index (χ3v) is 2.34. The van der Waals surface area contributed by atoms with Crippen LogP contribution in [0.1, 0.15) is 10.4 Å². The second kappa shape index (κ2) is 4.59. The minimum absolute atomic E-state index is 0.0718. The normalized spacial score (nSPS) is 9.87. The molecule has 0 unspecified atom stereocenters. The molecule has 4 nitrogen and oxygen atoms in total. The number of hydrogen-bond acceptors (Lipinski definition) is 3. The molecule has 0 bridgehead atoms. The van der Waals surface area contributed by atoms with Gasteiger partial charge in [0.25, 0.3) is 5.91 Å². The lowest BCUT2D eigenvalue weighted by Gasteiger charge is -2.12. The zero-order valence-corrected chi connectivity index (χ0v) is 9.57. The van der Waals surface area contributed by atoms with E-state index in [2.05, 4.69) is 0 Å². The summed E-state index contributed by atoms with van der Waals surface area (Å²) in [6.07, 6.45) is 0. The van der Waals surface area contributed by atoms with Gasteiger partial charge in [-0.25, -0.2) is 0 Å².